The van der Waals surface area contributed by atoms with Gasteiger partial charge in [-0.3, -0.25) is 9.18 Å². The maximum absolute atomic E-state index is 12.9. The second-order valence-electron chi connectivity index (χ2n) is 7.27. The second-order valence-corrected chi connectivity index (χ2v) is 7.27. The van der Waals surface area contributed by atoms with Crippen LogP contribution in [0.2, 0.25) is 0 Å². The van der Waals surface area contributed by atoms with Gasteiger partial charge in [0.1, 0.15) is 0 Å². The highest BCUT2D eigenvalue weighted by Gasteiger charge is 2.25. The molecule has 2 aromatic rings. The summed E-state index contributed by atoms with van der Waals surface area (Å²) in [4.78, 5) is 12.9. The summed E-state index contributed by atoms with van der Waals surface area (Å²) in [7, 11) is 0. The quantitative estimate of drug-likeness (QED) is 0.316. The zero-order chi connectivity index (χ0) is 17.7. The molecular formula is C21H28FNO. The topological polar surface area (TPSA) is 22.0 Å². The Morgan fingerprint density at radius 2 is 1.92 bits per heavy atom. The van der Waals surface area contributed by atoms with Crippen molar-refractivity contribution < 1.29 is 9.18 Å². The summed E-state index contributed by atoms with van der Waals surface area (Å²) in [5, 5.41) is 1.01. The number of rotatable bonds is 9. The summed E-state index contributed by atoms with van der Waals surface area (Å²) in [5.41, 5.74) is 2.67. The van der Waals surface area contributed by atoms with E-state index in [-0.39, 0.29) is 17.9 Å². The zero-order valence-electron chi connectivity index (χ0n) is 15.1. The molecule has 0 amide bonds. The Kier molecular flexibility index (Phi) is 5.98. The van der Waals surface area contributed by atoms with Crippen molar-refractivity contribution >= 4 is 16.7 Å². The van der Waals surface area contributed by atoms with Crippen molar-refractivity contribution in [3.8, 4) is 0 Å². The Bertz CT molecular complexity index is 727. The lowest BCUT2D eigenvalue weighted by Gasteiger charge is -2.23. The molecule has 0 fully saturated rings. The maximum Gasteiger partial charge on any atom is 0.165 e. The minimum atomic E-state index is -0.258. The van der Waals surface area contributed by atoms with Crippen LogP contribution in [0.5, 0.6) is 0 Å². The van der Waals surface area contributed by atoms with Gasteiger partial charge in [0.15, 0.2) is 5.78 Å². The molecule has 0 aliphatic carbocycles. The van der Waals surface area contributed by atoms with Crippen molar-refractivity contribution in [2.24, 2.45) is 5.41 Å². The fraction of sp³-hybridized carbons (Fsp3) is 0.476. The summed E-state index contributed by atoms with van der Waals surface area (Å²) in [5.74, 6) is 0.154. The molecule has 24 heavy (non-hydrogen) atoms. The molecule has 130 valence electrons. The van der Waals surface area contributed by atoms with E-state index in [9.17, 15) is 9.18 Å². The summed E-state index contributed by atoms with van der Waals surface area (Å²) in [6.07, 6.45) is 4.83. The number of para-hydroxylation sites is 1. The van der Waals surface area contributed by atoms with Crippen molar-refractivity contribution in [1.29, 1.82) is 0 Å². The molecule has 1 aromatic carbocycles. The van der Waals surface area contributed by atoms with E-state index >= 15 is 0 Å². The van der Waals surface area contributed by atoms with Crippen LogP contribution in [0.15, 0.2) is 42.6 Å². The zero-order valence-corrected chi connectivity index (χ0v) is 15.1. The van der Waals surface area contributed by atoms with Crippen molar-refractivity contribution in [2.45, 2.75) is 53.0 Å². The third-order valence-corrected chi connectivity index (χ3v) is 4.88. The van der Waals surface area contributed by atoms with Gasteiger partial charge in [0.05, 0.1) is 6.67 Å². The summed E-state index contributed by atoms with van der Waals surface area (Å²) in [6.45, 7) is 10.7. The van der Waals surface area contributed by atoms with E-state index in [1.807, 2.05) is 37.4 Å². The van der Waals surface area contributed by atoms with Crippen molar-refractivity contribution in [1.82, 2.24) is 4.57 Å². The number of Topliss-reactive ketones (excluding diaryl/α,β-unsaturated/α-hetero) is 1. The number of unbranched alkanes of at least 4 members (excludes halogenated alkanes) is 2. The fourth-order valence-electron chi connectivity index (χ4n) is 2.85. The highest BCUT2D eigenvalue weighted by molar-refractivity contribution is 6.08. The van der Waals surface area contributed by atoms with Crippen LogP contribution in [0.25, 0.3) is 10.9 Å². The van der Waals surface area contributed by atoms with Gasteiger partial charge in [-0.05, 0) is 37.7 Å². The van der Waals surface area contributed by atoms with Crippen LogP contribution >= 0.6 is 0 Å². The standard InChI is InChI=1S/C21H28FNO/c1-16(2)21(3,4)14-20(24)18-15-23(13-9-5-8-12-22)19-11-7-6-10-17(18)19/h6-7,10-11,15H,1,5,8-9,12-14H2,2-4H3. The van der Waals surface area contributed by atoms with E-state index in [4.69, 9.17) is 0 Å². The molecule has 0 atom stereocenters. The monoisotopic (exact) mass is 329 g/mol. The third-order valence-electron chi connectivity index (χ3n) is 4.88. The molecule has 0 saturated heterocycles. The maximum atomic E-state index is 12.9. The van der Waals surface area contributed by atoms with Gasteiger partial charge in [-0.1, -0.05) is 44.2 Å². The molecule has 2 rings (SSSR count). The van der Waals surface area contributed by atoms with Crippen molar-refractivity contribution in [2.75, 3.05) is 6.67 Å². The molecular weight excluding hydrogens is 301 g/mol. The minimum Gasteiger partial charge on any atom is -0.347 e. The van der Waals surface area contributed by atoms with Crippen LogP contribution in [0.4, 0.5) is 4.39 Å². The van der Waals surface area contributed by atoms with E-state index in [2.05, 4.69) is 25.0 Å². The highest BCUT2D eigenvalue weighted by Crippen LogP contribution is 2.32. The van der Waals surface area contributed by atoms with E-state index < -0.39 is 0 Å². The molecule has 3 heteroatoms. The number of fused-ring (bicyclic) bond motifs is 1. The number of nitrogens with zero attached hydrogens (tertiary/aromatic N) is 1. The van der Waals surface area contributed by atoms with Crippen LogP contribution in [0, 0.1) is 5.41 Å². The first-order chi connectivity index (χ1) is 11.4. The molecule has 0 bridgehead atoms. The number of aromatic nitrogens is 1. The Morgan fingerprint density at radius 3 is 2.58 bits per heavy atom. The van der Waals surface area contributed by atoms with Gasteiger partial charge in [-0.25, -0.2) is 0 Å². The molecule has 0 N–H and O–H groups in total. The Hall–Kier alpha value is -1.90. The molecule has 2 nitrogen and oxygen atoms in total. The number of ketones is 1. The number of aryl methyl sites for hydroxylation is 1. The number of hydrogen-bond donors (Lipinski definition) is 0. The first-order valence-corrected chi connectivity index (χ1v) is 8.70. The van der Waals surface area contributed by atoms with Gasteiger partial charge in [0.25, 0.3) is 0 Å². The minimum absolute atomic E-state index is 0.154. The molecule has 0 radical (unpaired) electrons. The van der Waals surface area contributed by atoms with E-state index in [1.165, 1.54) is 0 Å². The van der Waals surface area contributed by atoms with Crippen LogP contribution in [-0.2, 0) is 6.54 Å². The van der Waals surface area contributed by atoms with Gasteiger partial charge in [0.2, 0.25) is 0 Å². The normalized spacial score (nSPS) is 11.8. The summed E-state index contributed by atoms with van der Waals surface area (Å²) >= 11 is 0. The summed E-state index contributed by atoms with van der Waals surface area (Å²) in [6, 6.07) is 8.02. The lowest BCUT2D eigenvalue weighted by Crippen LogP contribution is -2.18. The number of carbonyl (C=O) groups is 1. The van der Waals surface area contributed by atoms with Crippen molar-refractivity contribution in [3.05, 3.63) is 48.2 Å². The molecule has 1 heterocycles. The average Bonchev–Trinajstić information content (AvgIpc) is 2.90. The Balaban J connectivity index is 2.27. The first kappa shape index (κ1) is 18.4. The Labute approximate surface area is 144 Å². The van der Waals surface area contributed by atoms with E-state index in [0.29, 0.717) is 12.8 Å². The molecule has 1 aromatic heterocycles. The van der Waals surface area contributed by atoms with Gasteiger partial charge in [-0.15, -0.1) is 0 Å². The Morgan fingerprint density at radius 1 is 1.21 bits per heavy atom. The predicted octanol–water partition coefficient (Wildman–Crippen LogP) is 5.96. The van der Waals surface area contributed by atoms with E-state index in [0.717, 1.165) is 41.4 Å². The number of allylic oxidation sites excluding steroid dienone is 1. The number of halogens is 1. The number of hydrogen-bond acceptors (Lipinski definition) is 1. The molecule has 0 spiro atoms. The smallest absolute Gasteiger partial charge is 0.165 e. The average molecular weight is 329 g/mol. The van der Waals surface area contributed by atoms with Gasteiger partial charge in [0, 0.05) is 35.6 Å². The van der Waals surface area contributed by atoms with Crippen LogP contribution in [0.1, 0.15) is 56.8 Å². The summed E-state index contributed by atoms with van der Waals surface area (Å²) < 4.78 is 14.4. The fourth-order valence-corrected chi connectivity index (χ4v) is 2.85. The van der Waals surface area contributed by atoms with Crippen molar-refractivity contribution in [3.63, 3.8) is 0 Å². The molecule has 0 aliphatic rings. The molecule has 0 saturated carbocycles. The van der Waals surface area contributed by atoms with Crippen LogP contribution in [0.3, 0.4) is 0 Å². The van der Waals surface area contributed by atoms with Gasteiger partial charge >= 0.3 is 0 Å². The SMILES string of the molecule is C=C(C)C(C)(C)CC(=O)c1cn(CCCCCF)c2ccccc12. The third kappa shape index (κ3) is 4.14. The van der Waals surface area contributed by atoms with E-state index in [1.54, 1.807) is 0 Å². The first-order valence-electron chi connectivity index (χ1n) is 8.70. The largest absolute Gasteiger partial charge is 0.347 e. The van der Waals surface area contributed by atoms with Gasteiger partial charge < -0.3 is 4.57 Å². The molecule has 0 unspecified atom stereocenters. The molecule has 0 aliphatic heterocycles. The second kappa shape index (κ2) is 7.78. The lowest BCUT2D eigenvalue weighted by molar-refractivity contribution is 0.0947. The predicted molar refractivity (Wildman–Crippen MR) is 99.3 cm³/mol. The number of benzene rings is 1. The van der Waals surface area contributed by atoms with Gasteiger partial charge in [-0.2, -0.15) is 0 Å². The number of carbonyl (C=O) groups excluding carboxylic acids is 1. The highest BCUT2D eigenvalue weighted by atomic mass is 19.1. The number of alkyl halides is 1. The van der Waals surface area contributed by atoms with Crippen LogP contribution < -0.4 is 0 Å². The lowest BCUT2D eigenvalue weighted by atomic mass is 9.80. The van der Waals surface area contributed by atoms with Crippen LogP contribution in [-0.4, -0.2) is 17.0 Å².